The molecule has 0 aliphatic carbocycles. The van der Waals surface area contributed by atoms with E-state index in [2.05, 4.69) is 0 Å². The van der Waals surface area contributed by atoms with Crippen LogP contribution in [-0.4, -0.2) is 6.54 Å². The molecule has 1 aliphatic rings. The lowest BCUT2D eigenvalue weighted by Crippen LogP contribution is -2.16. The first-order valence-corrected chi connectivity index (χ1v) is 4.10. The Morgan fingerprint density at radius 2 is 2.00 bits per heavy atom. The van der Waals surface area contributed by atoms with E-state index in [1.165, 1.54) is 0 Å². The molecule has 0 radical (unpaired) electrons. The van der Waals surface area contributed by atoms with Gasteiger partial charge in [-0.15, -0.1) is 0 Å². The van der Waals surface area contributed by atoms with Gasteiger partial charge in [0, 0.05) is 0 Å². The zero-order valence-corrected chi connectivity index (χ0v) is 7.16. The third-order valence-corrected chi connectivity index (χ3v) is 1.88. The summed E-state index contributed by atoms with van der Waals surface area (Å²) in [5.74, 6) is 0. The summed E-state index contributed by atoms with van der Waals surface area (Å²) < 4.78 is 0. The molecule has 1 aromatic rings. The molecule has 0 unspecified atom stereocenters. The number of rotatable bonds is 1. The summed E-state index contributed by atoms with van der Waals surface area (Å²) in [6, 6.07) is 9.84. The quantitative estimate of drug-likeness (QED) is 0.660. The summed E-state index contributed by atoms with van der Waals surface area (Å²) in [4.78, 5) is 5.21. The van der Waals surface area contributed by atoms with Crippen LogP contribution >= 0.6 is 11.6 Å². The molecule has 12 heavy (non-hydrogen) atoms. The van der Waals surface area contributed by atoms with Crippen LogP contribution in [0.3, 0.4) is 0 Å². The number of hydroxylamine groups is 1. The Labute approximate surface area is 76.0 Å². The number of para-hydroxylation sites is 1. The van der Waals surface area contributed by atoms with Crippen LogP contribution in [0.5, 0.6) is 0 Å². The molecular weight excluding hydrogens is 174 g/mol. The van der Waals surface area contributed by atoms with Gasteiger partial charge in [-0.2, -0.15) is 0 Å². The smallest absolute Gasteiger partial charge is 0.219 e. The molecule has 0 amide bonds. The number of hydrogen-bond donors (Lipinski definition) is 0. The molecule has 0 N–H and O–H groups in total. The highest BCUT2D eigenvalue weighted by Gasteiger charge is 2.13. The van der Waals surface area contributed by atoms with E-state index in [9.17, 15) is 0 Å². The van der Waals surface area contributed by atoms with Crippen LogP contribution in [0.4, 0.5) is 5.69 Å². The van der Waals surface area contributed by atoms with Crippen LogP contribution in [0.1, 0.15) is 0 Å². The number of nitrogens with zero attached hydrogens (tertiary/aromatic N) is 1. The minimum absolute atomic E-state index is 0.443. The summed E-state index contributed by atoms with van der Waals surface area (Å²) in [6.07, 6.45) is 1.83. The van der Waals surface area contributed by atoms with Crippen LogP contribution in [-0.2, 0) is 4.84 Å². The summed E-state index contributed by atoms with van der Waals surface area (Å²) in [5.41, 5.74) is 1.02. The second-order valence-corrected chi connectivity index (χ2v) is 2.87. The van der Waals surface area contributed by atoms with Crippen molar-refractivity contribution in [1.82, 2.24) is 0 Å². The maximum absolute atomic E-state index is 5.65. The third-order valence-electron chi connectivity index (χ3n) is 1.66. The van der Waals surface area contributed by atoms with Crippen molar-refractivity contribution >= 4 is 17.3 Å². The van der Waals surface area contributed by atoms with Crippen molar-refractivity contribution in [3.8, 4) is 0 Å². The second-order valence-electron chi connectivity index (χ2n) is 2.50. The predicted molar refractivity (Wildman–Crippen MR) is 48.8 cm³/mol. The van der Waals surface area contributed by atoms with Crippen LogP contribution in [0, 0.1) is 0 Å². The minimum Gasteiger partial charge on any atom is -0.367 e. The fourth-order valence-corrected chi connectivity index (χ4v) is 1.24. The molecule has 2 nitrogen and oxygen atoms in total. The molecule has 1 aliphatic heterocycles. The van der Waals surface area contributed by atoms with Crippen molar-refractivity contribution < 1.29 is 4.84 Å². The highest BCUT2D eigenvalue weighted by Crippen LogP contribution is 2.22. The van der Waals surface area contributed by atoms with Crippen LogP contribution in [0.25, 0.3) is 0 Å². The average Bonchev–Trinajstić information content (AvgIpc) is 2.54. The van der Waals surface area contributed by atoms with Gasteiger partial charge in [0.05, 0.1) is 12.2 Å². The Hall–Kier alpha value is -1.15. The van der Waals surface area contributed by atoms with Gasteiger partial charge >= 0.3 is 0 Å². The van der Waals surface area contributed by atoms with Gasteiger partial charge in [-0.1, -0.05) is 18.2 Å². The Balaban J connectivity index is 2.14. The van der Waals surface area contributed by atoms with Gasteiger partial charge in [-0.3, -0.25) is 0 Å². The van der Waals surface area contributed by atoms with Crippen LogP contribution in [0.2, 0.25) is 0 Å². The van der Waals surface area contributed by atoms with E-state index in [0.717, 1.165) is 5.69 Å². The summed E-state index contributed by atoms with van der Waals surface area (Å²) in [5, 5.41) is 2.18. The first-order chi connectivity index (χ1) is 5.86. The zero-order valence-electron chi connectivity index (χ0n) is 6.40. The SMILES string of the molecule is ClC1=CCN(c2ccccc2)O1. The van der Waals surface area contributed by atoms with Gasteiger partial charge in [-0.05, 0) is 29.8 Å². The van der Waals surface area contributed by atoms with Crippen LogP contribution < -0.4 is 5.06 Å². The van der Waals surface area contributed by atoms with Crippen molar-refractivity contribution in [2.45, 2.75) is 0 Å². The molecule has 1 aromatic carbocycles. The normalized spacial score (nSPS) is 15.8. The van der Waals surface area contributed by atoms with Crippen molar-refractivity contribution in [2.75, 3.05) is 11.6 Å². The van der Waals surface area contributed by atoms with Crippen molar-refractivity contribution in [1.29, 1.82) is 0 Å². The molecule has 0 saturated carbocycles. The van der Waals surface area contributed by atoms with E-state index in [0.29, 0.717) is 11.8 Å². The molecule has 0 atom stereocenters. The van der Waals surface area contributed by atoms with E-state index in [-0.39, 0.29) is 0 Å². The molecule has 2 rings (SSSR count). The predicted octanol–water partition coefficient (Wildman–Crippen LogP) is 2.52. The van der Waals surface area contributed by atoms with Gasteiger partial charge in [0.15, 0.2) is 0 Å². The van der Waals surface area contributed by atoms with Crippen molar-refractivity contribution in [3.05, 3.63) is 41.6 Å². The lowest BCUT2D eigenvalue weighted by molar-refractivity contribution is 0.234. The van der Waals surface area contributed by atoms with E-state index < -0.39 is 0 Å². The fraction of sp³-hybridized carbons (Fsp3) is 0.111. The molecule has 0 spiro atoms. The summed E-state index contributed by atoms with van der Waals surface area (Å²) >= 11 is 5.65. The molecule has 0 bridgehead atoms. The highest BCUT2D eigenvalue weighted by atomic mass is 35.5. The van der Waals surface area contributed by atoms with Crippen molar-refractivity contribution in [2.24, 2.45) is 0 Å². The van der Waals surface area contributed by atoms with Crippen molar-refractivity contribution in [3.63, 3.8) is 0 Å². The number of hydrogen-bond acceptors (Lipinski definition) is 2. The van der Waals surface area contributed by atoms with E-state index in [4.69, 9.17) is 16.4 Å². The minimum atomic E-state index is 0.443. The lowest BCUT2D eigenvalue weighted by Gasteiger charge is -2.16. The lowest BCUT2D eigenvalue weighted by atomic mass is 10.3. The Morgan fingerprint density at radius 1 is 1.25 bits per heavy atom. The second kappa shape index (κ2) is 3.07. The average molecular weight is 182 g/mol. The summed E-state index contributed by atoms with van der Waals surface area (Å²) in [6.45, 7) is 0.711. The zero-order chi connectivity index (χ0) is 8.39. The van der Waals surface area contributed by atoms with Crippen LogP contribution in [0.15, 0.2) is 41.6 Å². The fourth-order valence-electron chi connectivity index (χ4n) is 1.09. The molecule has 0 fully saturated rings. The first-order valence-electron chi connectivity index (χ1n) is 3.72. The maximum atomic E-state index is 5.65. The largest absolute Gasteiger partial charge is 0.367 e. The van der Waals surface area contributed by atoms with Gasteiger partial charge in [-0.25, -0.2) is 5.06 Å². The maximum Gasteiger partial charge on any atom is 0.219 e. The van der Waals surface area contributed by atoms with Gasteiger partial charge in [0.1, 0.15) is 0 Å². The topological polar surface area (TPSA) is 12.5 Å². The standard InChI is InChI=1S/C9H8ClNO/c10-9-6-7-11(12-9)8-4-2-1-3-5-8/h1-6H,7H2. The number of anilines is 1. The Bertz CT molecular complexity index is 297. The van der Waals surface area contributed by atoms with Gasteiger partial charge in [0.2, 0.25) is 5.22 Å². The van der Waals surface area contributed by atoms with Gasteiger partial charge < -0.3 is 4.84 Å². The molecular formula is C9H8ClNO. The third kappa shape index (κ3) is 1.38. The first kappa shape index (κ1) is 7.50. The van der Waals surface area contributed by atoms with E-state index in [1.807, 2.05) is 36.4 Å². The van der Waals surface area contributed by atoms with E-state index in [1.54, 1.807) is 5.06 Å². The molecule has 62 valence electrons. The highest BCUT2D eigenvalue weighted by molar-refractivity contribution is 6.28. The number of benzene rings is 1. The Morgan fingerprint density at radius 3 is 2.58 bits per heavy atom. The number of halogens is 1. The monoisotopic (exact) mass is 181 g/mol. The van der Waals surface area contributed by atoms with Gasteiger partial charge in [0.25, 0.3) is 0 Å². The molecule has 0 aromatic heterocycles. The summed E-state index contributed by atoms with van der Waals surface area (Å²) in [7, 11) is 0. The van der Waals surface area contributed by atoms with E-state index >= 15 is 0 Å². The molecule has 0 saturated heterocycles. The molecule has 3 heteroatoms. The Kier molecular flexibility index (Phi) is 1.92. The molecule has 1 heterocycles.